The van der Waals surface area contributed by atoms with Gasteiger partial charge in [0.15, 0.2) is 0 Å². The molecular weight excluding hydrogens is 230 g/mol. The van der Waals surface area contributed by atoms with Crippen molar-refractivity contribution in [2.45, 2.75) is 45.2 Å². The molecule has 5 nitrogen and oxygen atoms in total. The zero-order valence-electron chi connectivity index (χ0n) is 11.3. The van der Waals surface area contributed by atoms with Crippen LogP contribution in [0, 0.1) is 0 Å². The van der Waals surface area contributed by atoms with Gasteiger partial charge in [-0.3, -0.25) is 4.68 Å². The number of carbonyl (C=O) groups is 1. The Morgan fingerprint density at radius 2 is 2.33 bits per heavy atom. The Morgan fingerprint density at radius 3 is 2.89 bits per heavy atom. The predicted molar refractivity (Wildman–Crippen MR) is 68.3 cm³/mol. The highest BCUT2D eigenvalue weighted by molar-refractivity contribution is 5.90. The largest absolute Gasteiger partial charge is 0.462 e. The molecule has 1 aliphatic rings. The summed E-state index contributed by atoms with van der Waals surface area (Å²) in [5.74, 6) is -0.291. The summed E-state index contributed by atoms with van der Waals surface area (Å²) in [5, 5.41) is 7.65. The second-order valence-electron chi connectivity index (χ2n) is 5.12. The normalized spacial score (nSPS) is 17.3. The number of hydrogen-bond donors (Lipinski definition) is 1. The molecule has 1 aliphatic carbocycles. The number of aryl methyl sites for hydroxylation is 1. The van der Waals surface area contributed by atoms with Crippen LogP contribution in [0.25, 0.3) is 0 Å². The first-order chi connectivity index (χ1) is 8.56. The molecule has 0 radical (unpaired) electrons. The predicted octanol–water partition coefficient (Wildman–Crippen LogP) is 1.63. The van der Waals surface area contributed by atoms with Crippen molar-refractivity contribution >= 4 is 5.97 Å². The highest BCUT2D eigenvalue weighted by Crippen LogP contribution is 2.31. The van der Waals surface area contributed by atoms with Gasteiger partial charge in [0.05, 0.1) is 18.5 Å². The van der Waals surface area contributed by atoms with E-state index < -0.39 is 0 Å². The minimum atomic E-state index is -0.291. The molecule has 2 rings (SSSR count). The lowest BCUT2D eigenvalue weighted by Gasteiger charge is -2.39. The fraction of sp³-hybridized carbons (Fsp3) is 0.692. The molecule has 0 saturated heterocycles. The second kappa shape index (κ2) is 5.10. The molecule has 0 aromatic carbocycles. The zero-order valence-corrected chi connectivity index (χ0v) is 11.3. The van der Waals surface area contributed by atoms with Gasteiger partial charge >= 0.3 is 5.97 Å². The van der Waals surface area contributed by atoms with E-state index in [9.17, 15) is 4.79 Å². The first-order valence-corrected chi connectivity index (χ1v) is 6.49. The Morgan fingerprint density at radius 1 is 1.61 bits per heavy atom. The Kier molecular flexibility index (Phi) is 3.71. The van der Waals surface area contributed by atoms with Crippen LogP contribution in [-0.4, -0.2) is 27.9 Å². The molecule has 0 unspecified atom stereocenters. The Balaban J connectivity index is 2.06. The van der Waals surface area contributed by atoms with Gasteiger partial charge in [-0.2, -0.15) is 5.10 Å². The summed E-state index contributed by atoms with van der Waals surface area (Å²) in [7, 11) is 1.85. The SMILES string of the molecule is CCOC(=O)c1cnn(C)c1CNC1(C)CCC1. The highest BCUT2D eigenvalue weighted by atomic mass is 16.5. The van der Waals surface area contributed by atoms with Crippen LogP contribution < -0.4 is 5.32 Å². The average molecular weight is 251 g/mol. The van der Waals surface area contributed by atoms with Crippen molar-refractivity contribution in [1.82, 2.24) is 15.1 Å². The van der Waals surface area contributed by atoms with E-state index in [1.807, 2.05) is 14.0 Å². The monoisotopic (exact) mass is 251 g/mol. The molecule has 0 aliphatic heterocycles. The molecule has 100 valence electrons. The van der Waals surface area contributed by atoms with Crippen LogP contribution in [0.5, 0.6) is 0 Å². The molecule has 1 aromatic rings. The average Bonchev–Trinajstić information content (AvgIpc) is 2.66. The zero-order chi connectivity index (χ0) is 13.2. The van der Waals surface area contributed by atoms with Crippen molar-refractivity contribution in [3.8, 4) is 0 Å². The number of hydrogen-bond acceptors (Lipinski definition) is 4. The third-order valence-corrected chi connectivity index (χ3v) is 3.70. The summed E-state index contributed by atoms with van der Waals surface area (Å²) in [6.07, 6.45) is 5.25. The van der Waals surface area contributed by atoms with Gasteiger partial charge in [-0.15, -0.1) is 0 Å². The number of nitrogens with zero attached hydrogens (tertiary/aromatic N) is 2. The van der Waals surface area contributed by atoms with Crippen LogP contribution in [0.1, 0.15) is 49.2 Å². The molecule has 1 heterocycles. The van der Waals surface area contributed by atoms with Gasteiger partial charge in [-0.1, -0.05) is 0 Å². The van der Waals surface area contributed by atoms with Gasteiger partial charge in [0.1, 0.15) is 5.56 Å². The van der Waals surface area contributed by atoms with Crippen molar-refractivity contribution in [2.75, 3.05) is 6.61 Å². The topological polar surface area (TPSA) is 56.1 Å². The van der Waals surface area contributed by atoms with E-state index in [0.717, 1.165) is 5.69 Å². The summed E-state index contributed by atoms with van der Waals surface area (Å²) in [6.45, 7) is 5.07. The van der Waals surface area contributed by atoms with Gasteiger partial charge in [0.2, 0.25) is 0 Å². The van der Waals surface area contributed by atoms with Gasteiger partial charge in [-0.05, 0) is 33.1 Å². The van der Waals surface area contributed by atoms with Crippen molar-refractivity contribution < 1.29 is 9.53 Å². The fourth-order valence-corrected chi connectivity index (χ4v) is 2.23. The Bertz CT molecular complexity index is 435. The van der Waals surface area contributed by atoms with Crippen molar-refractivity contribution in [3.05, 3.63) is 17.5 Å². The number of esters is 1. The summed E-state index contributed by atoms with van der Waals surface area (Å²) in [6, 6.07) is 0. The van der Waals surface area contributed by atoms with Crippen molar-refractivity contribution in [2.24, 2.45) is 7.05 Å². The van der Waals surface area contributed by atoms with E-state index in [4.69, 9.17) is 4.74 Å². The number of nitrogens with one attached hydrogen (secondary N) is 1. The minimum Gasteiger partial charge on any atom is -0.462 e. The first-order valence-electron chi connectivity index (χ1n) is 6.49. The van der Waals surface area contributed by atoms with E-state index in [0.29, 0.717) is 18.7 Å². The van der Waals surface area contributed by atoms with Gasteiger partial charge in [0.25, 0.3) is 0 Å². The molecule has 0 spiro atoms. The molecule has 1 fully saturated rings. The van der Waals surface area contributed by atoms with Crippen LogP contribution in [-0.2, 0) is 18.3 Å². The summed E-state index contributed by atoms with van der Waals surface area (Å²) in [4.78, 5) is 11.8. The number of ether oxygens (including phenoxy) is 1. The molecule has 5 heteroatoms. The highest BCUT2D eigenvalue weighted by Gasteiger charge is 2.31. The lowest BCUT2D eigenvalue weighted by molar-refractivity contribution is 0.0524. The minimum absolute atomic E-state index is 0.218. The van der Waals surface area contributed by atoms with Crippen LogP contribution >= 0.6 is 0 Å². The standard InChI is InChI=1S/C13H21N3O2/c1-4-18-12(17)10-8-15-16(3)11(10)9-14-13(2)6-5-7-13/h8,14H,4-7,9H2,1-3H3. The lowest BCUT2D eigenvalue weighted by atomic mass is 9.78. The van der Waals surface area contributed by atoms with Gasteiger partial charge in [-0.25, -0.2) is 4.79 Å². The maximum atomic E-state index is 11.8. The maximum Gasteiger partial charge on any atom is 0.341 e. The van der Waals surface area contributed by atoms with E-state index in [2.05, 4.69) is 17.3 Å². The van der Waals surface area contributed by atoms with Crippen molar-refractivity contribution in [3.63, 3.8) is 0 Å². The van der Waals surface area contributed by atoms with E-state index in [-0.39, 0.29) is 11.5 Å². The number of rotatable bonds is 5. The molecular formula is C13H21N3O2. The molecule has 1 saturated carbocycles. The Hall–Kier alpha value is -1.36. The van der Waals surface area contributed by atoms with Crippen LogP contribution in [0.2, 0.25) is 0 Å². The quantitative estimate of drug-likeness (QED) is 0.808. The van der Waals surface area contributed by atoms with Gasteiger partial charge < -0.3 is 10.1 Å². The van der Waals surface area contributed by atoms with Gasteiger partial charge in [0, 0.05) is 19.1 Å². The molecule has 18 heavy (non-hydrogen) atoms. The van der Waals surface area contributed by atoms with E-state index in [1.54, 1.807) is 10.9 Å². The van der Waals surface area contributed by atoms with Crippen LogP contribution in [0.4, 0.5) is 0 Å². The lowest BCUT2D eigenvalue weighted by Crippen LogP contribution is -2.48. The van der Waals surface area contributed by atoms with Crippen LogP contribution in [0.15, 0.2) is 6.20 Å². The van der Waals surface area contributed by atoms with E-state index >= 15 is 0 Å². The third-order valence-electron chi connectivity index (χ3n) is 3.70. The van der Waals surface area contributed by atoms with E-state index in [1.165, 1.54) is 19.3 Å². The number of aromatic nitrogens is 2. The maximum absolute atomic E-state index is 11.8. The molecule has 1 N–H and O–H groups in total. The molecule has 0 atom stereocenters. The molecule has 0 amide bonds. The first kappa shape index (κ1) is 13.1. The van der Waals surface area contributed by atoms with Crippen molar-refractivity contribution in [1.29, 1.82) is 0 Å². The molecule has 1 aromatic heterocycles. The summed E-state index contributed by atoms with van der Waals surface area (Å²) >= 11 is 0. The third kappa shape index (κ3) is 2.56. The second-order valence-corrected chi connectivity index (χ2v) is 5.12. The summed E-state index contributed by atoms with van der Waals surface area (Å²) < 4.78 is 6.77. The summed E-state index contributed by atoms with van der Waals surface area (Å²) in [5.41, 5.74) is 1.67. The Labute approximate surface area is 108 Å². The molecule has 0 bridgehead atoms. The number of carbonyl (C=O) groups excluding carboxylic acids is 1. The smallest absolute Gasteiger partial charge is 0.341 e. The fourth-order valence-electron chi connectivity index (χ4n) is 2.23. The van der Waals surface area contributed by atoms with Crippen LogP contribution in [0.3, 0.4) is 0 Å².